The van der Waals surface area contributed by atoms with Gasteiger partial charge in [0.05, 0.1) is 0 Å². The van der Waals surface area contributed by atoms with Crippen LogP contribution in [0, 0.1) is 13.8 Å². The molecule has 1 aliphatic heterocycles. The van der Waals surface area contributed by atoms with E-state index in [-0.39, 0.29) is 5.54 Å². The van der Waals surface area contributed by atoms with Crippen molar-refractivity contribution in [3.05, 3.63) is 34.9 Å². The van der Waals surface area contributed by atoms with Crippen molar-refractivity contribution >= 4 is 0 Å². The predicted molar refractivity (Wildman–Crippen MR) is 74.4 cm³/mol. The Morgan fingerprint density at radius 3 is 2.41 bits per heavy atom. The molecule has 1 heteroatoms. The maximum absolute atomic E-state index is 3.82. The molecular formula is C16H25N. The molecule has 1 unspecified atom stereocenters. The molecule has 0 aliphatic carbocycles. The van der Waals surface area contributed by atoms with E-state index < -0.39 is 0 Å². The van der Waals surface area contributed by atoms with Crippen LogP contribution in [-0.4, -0.2) is 6.54 Å². The smallest absolute Gasteiger partial charge is 0.0432 e. The molecule has 2 rings (SSSR count). The summed E-state index contributed by atoms with van der Waals surface area (Å²) in [5.41, 5.74) is 4.50. The first-order chi connectivity index (χ1) is 8.16. The van der Waals surface area contributed by atoms with E-state index in [0.29, 0.717) is 0 Å². The fraction of sp³-hybridized carbons (Fsp3) is 0.625. The third-order valence-electron chi connectivity index (χ3n) is 4.12. The van der Waals surface area contributed by atoms with Crippen LogP contribution >= 0.6 is 0 Å². The van der Waals surface area contributed by atoms with Gasteiger partial charge in [-0.1, -0.05) is 49.1 Å². The van der Waals surface area contributed by atoms with Crippen molar-refractivity contribution in [2.24, 2.45) is 0 Å². The van der Waals surface area contributed by atoms with Crippen LogP contribution in [0.15, 0.2) is 18.2 Å². The van der Waals surface area contributed by atoms with E-state index in [1.807, 2.05) is 0 Å². The molecule has 1 saturated heterocycles. The van der Waals surface area contributed by atoms with Gasteiger partial charge in [0.1, 0.15) is 0 Å². The zero-order valence-corrected chi connectivity index (χ0v) is 11.5. The number of hydrogen-bond donors (Lipinski definition) is 1. The van der Waals surface area contributed by atoms with E-state index in [4.69, 9.17) is 0 Å². The fourth-order valence-electron chi connectivity index (χ4n) is 3.15. The number of nitrogens with one attached hydrogen (secondary N) is 1. The summed E-state index contributed by atoms with van der Waals surface area (Å²) in [6.07, 6.45) is 6.53. The lowest BCUT2D eigenvalue weighted by atomic mass is 9.82. The molecule has 0 amide bonds. The van der Waals surface area contributed by atoms with Crippen LogP contribution in [0.25, 0.3) is 0 Å². The summed E-state index contributed by atoms with van der Waals surface area (Å²) in [7, 11) is 0. The van der Waals surface area contributed by atoms with Gasteiger partial charge in [-0.05, 0) is 45.2 Å². The molecule has 0 bridgehead atoms. The molecule has 0 aromatic heterocycles. The number of rotatable bonds is 2. The van der Waals surface area contributed by atoms with Gasteiger partial charge < -0.3 is 5.32 Å². The van der Waals surface area contributed by atoms with Gasteiger partial charge in [0, 0.05) is 5.54 Å². The second-order valence-corrected chi connectivity index (χ2v) is 5.55. The minimum Gasteiger partial charge on any atom is -0.307 e. The Morgan fingerprint density at radius 2 is 1.76 bits per heavy atom. The van der Waals surface area contributed by atoms with Crippen LogP contribution in [0.2, 0.25) is 0 Å². The zero-order chi connectivity index (χ0) is 12.3. The van der Waals surface area contributed by atoms with Crippen LogP contribution in [0.3, 0.4) is 0 Å². The van der Waals surface area contributed by atoms with Crippen molar-refractivity contribution in [3.8, 4) is 0 Å². The predicted octanol–water partition coefficient (Wildman–Crippen LogP) is 4.07. The summed E-state index contributed by atoms with van der Waals surface area (Å²) in [5, 5.41) is 3.82. The lowest BCUT2D eigenvalue weighted by Crippen LogP contribution is -2.41. The van der Waals surface area contributed by atoms with Gasteiger partial charge in [-0.2, -0.15) is 0 Å². The minimum absolute atomic E-state index is 0.229. The van der Waals surface area contributed by atoms with Gasteiger partial charge in [0.15, 0.2) is 0 Å². The van der Waals surface area contributed by atoms with E-state index >= 15 is 0 Å². The first kappa shape index (κ1) is 12.6. The maximum atomic E-state index is 3.82. The highest BCUT2D eigenvalue weighted by Crippen LogP contribution is 2.33. The Hall–Kier alpha value is -0.820. The minimum atomic E-state index is 0.229. The normalized spacial score (nSPS) is 25.6. The van der Waals surface area contributed by atoms with E-state index in [1.165, 1.54) is 55.3 Å². The first-order valence-electron chi connectivity index (χ1n) is 7.00. The second kappa shape index (κ2) is 5.22. The molecule has 0 spiro atoms. The summed E-state index contributed by atoms with van der Waals surface area (Å²) in [6, 6.07) is 7.01. The Labute approximate surface area is 106 Å². The molecule has 94 valence electrons. The van der Waals surface area contributed by atoms with Gasteiger partial charge >= 0.3 is 0 Å². The monoisotopic (exact) mass is 231 g/mol. The molecule has 1 N–H and O–H groups in total. The van der Waals surface area contributed by atoms with E-state index in [1.54, 1.807) is 0 Å². The molecule has 0 saturated carbocycles. The lowest BCUT2D eigenvalue weighted by molar-refractivity contribution is 0.312. The van der Waals surface area contributed by atoms with Gasteiger partial charge in [-0.3, -0.25) is 0 Å². The van der Waals surface area contributed by atoms with Crippen molar-refractivity contribution in [3.63, 3.8) is 0 Å². The molecule has 1 aromatic carbocycles. The Morgan fingerprint density at radius 1 is 1.06 bits per heavy atom. The molecule has 1 aromatic rings. The van der Waals surface area contributed by atoms with Crippen LogP contribution in [0.1, 0.15) is 55.7 Å². The average molecular weight is 231 g/mol. The van der Waals surface area contributed by atoms with Crippen molar-refractivity contribution < 1.29 is 0 Å². The van der Waals surface area contributed by atoms with Gasteiger partial charge in [0.25, 0.3) is 0 Å². The Bertz CT molecular complexity index is 353. The Kier molecular flexibility index (Phi) is 3.88. The standard InChI is InChI=1S/C16H25N/c1-4-16(8-6-5-7-9-17-16)15-11-13(2)10-14(3)12-15/h10-12,17H,4-9H2,1-3H3. The number of hydrogen-bond acceptors (Lipinski definition) is 1. The topological polar surface area (TPSA) is 12.0 Å². The third-order valence-corrected chi connectivity index (χ3v) is 4.12. The van der Waals surface area contributed by atoms with E-state index in [0.717, 1.165) is 0 Å². The summed E-state index contributed by atoms with van der Waals surface area (Å²) < 4.78 is 0. The van der Waals surface area contributed by atoms with Gasteiger partial charge in [0.2, 0.25) is 0 Å². The second-order valence-electron chi connectivity index (χ2n) is 5.55. The number of aryl methyl sites for hydroxylation is 2. The summed E-state index contributed by atoms with van der Waals surface area (Å²) >= 11 is 0. The van der Waals surface area contributed by atoms with Gasteiger partial charge in [-0.25, -0.2) is 0 Å². The third kappa shape index (κ3) is 2.71. The van der Waals surface area contributed by atoms with Crippen molar-refractivity contribution in [2.75, 3.05) is 6.54 Å². The molecule has 0 radical (unpaired) electrons. The summed E-state index contributed by atoms with van der Waals surface area (Å²) in [4.78, 5) is 0. The van der Waals surface area contributed by atoms with Gasteiger partial charge in [-0.15, -0.1) is 0 Å². The highest BCUT2D eigenvalue weighted by atomic mass is 15.0. The lowest BCUT2D eigenvalue weighted by Gasteiger charge is -2.34. The maximum Gasteiger partial charge on any atom is 0.0432 e. The number of benzene rings is 1. The van der Waals surface area contributed by atoms with Crippen LogP contribution in [0.5, 0.6) is 0 Å². The highest BCUT2D eigenvalue weighted by Gasteiger charge is 2.30. The van der Waals surface area contributed by atoms with Crippen molar-refractivity contribution in [2.45, 2.75) is 58.4 Å². The van der Waals surface area contributed by atoms with Crippen molar-refractivity contribution in [1.29, 1.82) is 0 Å². The largest absolute Gasteiger partial charge is 0.307 e. The zero-order valence-electron chi connectivity index (χ0n) is 11.5. The van der Waals surface area contributed by atoms with Crippen LogP contribution in [-0.2, 0) is 5.54 Å². The van der Waals surface area contributed by atoms with E-state index in [2.05, 4.69) is 44.3 Å². The molecule has 17 heavy (non-hydrogen) atoms. The van der Waals surface area contributed by atoms with Crippen molar-refractivity contribution in [1.82, 2.24) is 5.32 Å². The quantitative estimate of drug-likeness (QED) is 0.809. The summed E-state index contributed by atoms with van der Waals surface area (Å²) in [6.45, 7) is 7.89. The molecule has 1 nitrogen and oxygen atoms in total. The molecule has 1 atom stereocenters. The summed E-state index contributed by atoms with van der Waals surface area (Å²) in [5.74, 6) is 0. The van der Waals surface area contributed by atoms with Crippen LogP contribution < -0.4 is 5.32 Å². The molecule has 1 heterocycles. The average Bonchev–Trinajstić information content (AvgIpc) is 2.53. The SMILES string of the molecule is CCC1(c2cc(C)cc(C)c2)CCCCCN1. The molecule has 1 fully saturated rings. The van der Waals surface area contributed by atoms with Crippen LogP contribution in [0.4, 0.5) is 0 Å². The first-order valence-corrected chi connectivity index (χ1v) is 7.00. The molecular weight excluding hydrogens is 206 g/mol. The molecule has 1 aliphatic rings. The highest BCUT2D eigenvalue weighted by molar-refractivity contribution is 5.33. The fourth-order valence-corrected chi connectivity index (χ4v) is 3.15. The van der Waals surface area contributed by atoms with E-state index in [9.17, 15) is 0 Å². The Balaban J connectivity index is 2.38.